The number of allylic oxidation sites excluding steroid dienone is 1. The van der Waals surface area contributed by atoms with Crippen LogP contribution in [0.25, 0.3) is 0 Å². The molecule has 90 valence electrons. The molecule has 0 aliphatic heterocycles. The number of aliphatic carboxylic acids is 1. The molecule has 0 aliphatic carbocycles. The van der Waals surface area contributed by atoms with Crippen LogP contribution in [0.1, 0.15) is 12.5 Å². The number of nitrogens with one attached hydrogen (secondary N) is 1. The summed E-state index contributed by atoms with van der Waals surface area (Å²) >= 11 is 0. The van der Waals surface area contributed by atoms with Crippen molar-refractivity contribution in [1.29, 1.82) is 0 Å². The number of ketones is 1. The topological polar surface area (TPSA) is 66.4 Å². The van der Waals surface area contributed by atoms with E-state index in [9.17, 15) is 9.59 Å². The van der Waals surface area contributed by atoms with Gasteiger partial charge in [0.15, 0.2) is 5.78 Å². The molecule has 0 saturated heterocycles. The van der Waals surface area contributed by atoms with E-state index in [-0.39, 0.29) is 5.78 Å². The molecule has 0 radical (unpaired) electrons. The minimum Gasteiger partial charge on any atom is -0.480 e. The quantitative estimate of drug-likeness (QED) is 0.728. The standard InChI is InChI=1S/C13H15NO3/c1-10(15)7-8-14-12(13(16)17)9-11-5-3-2-4-6-11/h2-8,12,14H,9H2,1H3,(H,16,17)/b8-7+. The lowest BCUT2D eigenvalue weighted by Gasteiger charge is -2.12. The van der Waals surface area contributed by atoms with Gasteiger partial charge < -0.3 is 10.4 Å². The highest BCUT2D eigenvalue weighted by molar-refractivity contribution is 5.87. The average Bonchev–Trinajstić information content (AvgIpc) is 2.28. The van der Waals surface area contributed by atoms with Crippen LogP contribution < -0.4 is 5.32 Å². The molecule has 0 amide bonds. The van der Waals surface area contributed by atoms with Gasteiger partial charge in [0.2, 0.25) is 0 Å². The molecule has 1 rings (SSSR count). The summed E-state index contributed by atoms with van der Waals surface area (Å²) in [4.78, 5) is 21.7. The Hall–Kier alpha value is -2.10. The lowest BCUT2D eigenvalue weighted by Crippen LogP contribution is -2.35. The van der Waals surface area contributed by atoms with Gasteiger partial charge >= 0.3 is 5.97 Å². The number of hydrogen-bond acceptors (Lipinski definition) is 3. The van der Waals surface area contributed by atoms with Crippen LogP contribution in [0.5, 0.6) is 0 Å². The average molecular weight is 233 g/mol. The van der Waals surface area contributed by atoms with Crippen molar-refractivity contribution in [2.24, 2.45) is 0 Å². The van der Waals surface area contributed by atoms with Gasteiger partial charge in [0.1, 0.15) is 6.04 Å². The fraction of sp³-hybridized carbons (Fsp3) is 0.231. The molecule has 1 aromatic carbocycles. The highest BCUT2D eigenvalue weighted by Gasteiger charge is 2.15. The van der Waals surface area contributed by atoms with Crippen molar-refractivity contribution >= 4 is 11.8 Å². The van der Waals surface area contributed by atoms with Crippen molar-refractivity contribution < 1.29 is 14.7 Å². The Morgan fingerprint density at radius 3 is 2.53 bits per heavy atom. The Morgan fingerprint density at radius 2 is 2.00 bits per heavy atom. The minimum absolute atomic E-state index is 0.124. The molecule has 0 bridgehead atoms. The fourth-order valence-electron chi connectivity index (χ4n) is 1.35. The predicted molar refractivity (Wildman–Crippen MR) is 64.5 cm³/mol. The van der Waals surface area contributed by atoms with E-state index in [2.05, 4.69) is 5.32 Å². The number of benzene rings is 1. The van der Waals surface area contributed by atoms with Gasteiger partial charge in [-0.15, -0.1) is 0 Å². The van der Waals surface area contributed by atoms with Crippen LogP contribution in [-0.4, -0.2) is 22.9 Å². The zero-order chi connectivity index (χ0) is 12.7. The maximum atomic E-state index is 11.0. The van der Waals surface area contributed by atoms with Gasteiger partial charge in [-0.05, 0) is 18.6 Å². The van der Waals surface area contributed by atoms with Crippen LogP contribution in [0.4, 0.5) is 0 Å². The van der Waals surface area contributed by atoms with Crippen molar-refractivity contribution in [3.63, 3.8) is 0 Å². The van der Waals surface area contributed by atoms with Crippen LogP contribution in [0.2, 0.25) is 0 Å². The summed E-state index contributed by atoms with van der Waals surface area (Å²) in [6, 6.07) is 8.60. The highest BCUT2D eigenvalue weighted by atomic mass is 16.4. The van der Waals surface area contributed by atoms with E-state index in [0.717, 1.165) is 5.56 Å². The second kappa shape index (κ2) is 6.48. The second-order valence-corrected chi connectivity index (χ2v) is 3.69. The number of carboxylic acid groups (broad SMARTS) is 1. The maximum absolute atomic E-state index is 11.0. The molecule has 0 aliphatic rings. The van der Waals surface area contributed by atoms with Crippen molar-refractivity contribution in [3.8, 4) is 0 Å². The van der Waals surface area contributed by atoms with Gasteiger partial charge in [-0.1, -0.05) is 30.3 Å². The first-order valence-electron chi connectivity index (χ1n) is 5.29. The van der Waals surface area contributed by atoms with E-state index in [1.807, 2.05) is 30.3 Å². The SMILES string of the molecule is CC(=O)/C=C/NC(Cc1ccccc1)C(=O)O. The van der Waals surface area contributed by atoms with Gasteiger partial charge in [0.05, 0.1) is 0 Å². The number of carbonyl (C=O) groups is 2. The third kappa shape index (κ3) is 4.97. The van der Waals surface area contributed by atoms with E-state index in [4.69, 9.17) is 5.11 Å². The van der Waals surface area contributed by atoms with Crippen molar-refractivity contribution in [3.05, 3.63) is 48.2 Å². The van der Waals surface area contributed by atoms with Crippen LogP contribution in [0.3, 0.4) is 0 Å². The van der Waals surface area contributed by atoms with Gasteiger partial charge in [0, 0.05) is 12.6 Å². The Balaban J connectivity index is 2.61. The molecule has 0 fully saturated rings. The van der Waals surface area contributed by atoms with E-state index >= 15 is 0 Å². The number of carbonyl (C=O) groups excluding carboxylic acids is 1. The first-order chi connectivity index (χ1) is 8.09. The molecule has 4 heteroatoms. The van der Waals surface area contributed by atoms with E-state index < -0.39 is 12.0 Å². The van der Waals surface area contributed by atoms with Crippen LogP contribution in [0, 0.1) is 0 Å². The monoisotopic (exact) mass is 233 g/mol. The third-order valence-electron chi connectivity index (χ3n) is 2.20. The first-order valence-corrected chi connectivity index (χ1v) is 5.29. The molecule has 17 heavy (non-hydrogen) atoms. The smallest absolute Gasteiger partial charge is 0.326 e. The summed E-state index contributed by atoms with van der Waals surface area (Å²) in [5.41, 5.74) is 0.934. The molecule has 4 nitrogen and oxygen atoms in total. The van der Waals surface area contributed by atoms with E-state index in [1.54, 1.807) is 0 Å². The summed E-state index contributed by atoms with van der Waals surface area (Å²) in [6.07, 6.45) is 3.06. The zero-order valence-corrected chi connectivity index (χ0v) is 9.59. The lowest BCUT2D eigenvalue weighted by molar-refractivity contribution is -0.139. The number of rotatable bonds is 6. The lowest BCUT2D eigenvalue weighted by atomic mass is 10.1. The Kier molecular flexibility index (Phi) is 4.94. The van der Waals surface area contributed by atoms with Gasteiger partial charge in [-0.25, -0.2) is 4.79 Å². The van der Waals surface area contributed by atoms with Crippen LogP contribution in [-0.2, 0) is 16.0 Å². The van der Waals surface area contributed by atoms with Gasteiger partial charge in [-0.3, -0.25) is 4.79 Å². The molecule has 2 N–H and O–H groups in total. The molecule has 1 atom stereocenters. The van der Waals surface area contributed by atoms with Gasteiger partial charge in [0.25, 0.3) is 0 Å². The zero-order valence-electron chi connectivity index (χ0n) is 9.59. The van der Waals surface area contributed by atoms with Crippen molar-refractivity contribution in [2.45, 2.75) is 19.4 Å². The molecular formula is C13H15NO3. The molecule has 0 saturated carbocycles. The largest absolute Gasteiger partial charge is 0.480 e. The molecular weight excluding hydrogens is 218 g/mol. The minimum atomic E-state index is -0.943. The number of carboxylic acids is 1. The Labute approximate surface area is 100.0 Å². The van der Waals surface area contributed by atoms with Gasteiger partial charge in [-0.2, -0.15) is 0 Å². The summed E-state index contributed by atoms with van der Waals surface area (Å²) in [7, 11) is 0. The normalized spacial score (nSPS) is 12.3. The first kappa shape index (κ1) is 13.0. The third-order valence-corrected chi connectivity index (χ3v) is 2.20. The molecule has 1 aromatic rings. The fourth-order valence-corrected chi connectivity index (χ4v) is 1.35. The molecule has 0 heterocycles. The second-order valence-electron chi connectivity index (χ2n) is 3.69. The summed E-state index contributed by atoms with van der Waals surface area (Å²) in [6.45, 7) is 1.41. The summed E-state index contributed by atoms with van der Waals surface area (Å²) in [5, 5.41) is 11.7. The van der Waals surface area contributed by atoms with E-state index in [0.29, 0.717) is 6.42 Å². The van der Waals surface area contributed by atoms with Crippen LogP contribution in [0.15, 0.2) is 42.6 Å². The van der Waals surface area contributed by atoms with Crippen molar-refractivity contribution in [1.82, 2.24) is 5.32 Å². The van der Waals surface area contributed by atoms with Crippen LogP contribution >= 0.6 is 0 Å². The molecule has 0 spiro atoms. The van der Waals surface area contributed by atoms with E-state index in [1.165, 1.54) is 19.2 Å². The predicted octanol–water partition coefficient (Wildman–Crippen LogP) is 1.37. The summed E-state index contributed by atoms with van der Waals surface area (Å²) < 4.78 is 0. The Bertz CT molecular complexity index is 412. The Morgan fingerprint density at radius 1 is 1.35 bits per heavy atom. The highest BCUT2D eigenvalue weighted by Crippen LogP contribution is 2.03. The van der Waals surface area contributed by atoms with Crippen molar-refractivity contribution in [2.75, 3.05) is 0 Å². The number of hydrogen-bond donors (Lipinski definition) is 2. The molecule has 1 unspecified atom stereocenters. The summed E-state index contributed by atoms with van der Waals surface area (Å²) in [5.74, 6) is -1.07. The molecule has 0 aromatic heterocycles. The maximum Gasteiger partial charge on any atom is 0.326 e.